The molecule has 188 valence electrons. The number of nitriles is 1. The second kappa shape index (κ2) is 13.2. The van der Waals surface area contributed by atoms with Crippen molar-refractivity contribution in [2.24, 2.45) is 7.05 Å². The molecule has 3 aromatic rings. The largest absolute Gasteiger partial charge is 0.366 e. The number of aromatic nitrogens is 4. The summed E-state index contributed by atoms with van der Waals surface area (Å²) in [4.78, 5) is 17.3. The fourth-order valence-corrected chi connectivity index (χ4v) is 5.24. The number of aryl methyl sites for hydroxylation is 2. The van der Waals surface area contributed by atoms with Gasteiger partial charge in [-0.2, -0.15) is 10.4 Å². The van der Waals surface area contributed by atoms with Crippen LogP contribution < -0.4 is 21.5 Å². The minimum Gasteiger partial charge on any atom is -0.366 e. The third kappa shape index (κ3) is 7.51. The lowest BCUT2D eigenvalue weighted by atomic mass is 10.1. The van der Waals surface area contributed by atoms with Crippen molar-refractivity contribution in [1.82, 2.24) is 25.1 Å². The Labute approximate surface area is 208 Å². The average Bonchev–Trinajstić information content (AvgIpc) is 3.25. The molecule has 0 aliphatic rings. The highest BCUT2D eigenvalue weighted by atomic mass is 31.1. The number of nitrogens with one attached hydrogen (secondary N) is 4. The summed E-state index contributed by atoms with van der Waals surface area (Å²) in [5.74, 6) is 2.06. The first-order valence-electron chi connectivity index (χ1n) is 12.3. The van der Waals surface area contributed by atoms with Gasteiger partial charge in [-0.1, -0.05) is 20.3 Å². The predicted octanol–water partition coefficient (Wildman–Crippen LogP) is 4.25. The Morgan fingerprint density at radius 3 is 2.74 bits per heavy atom. The first-order valence-corrected chi connectivity index (χ1v) is 13.7. The van der Waals surface area contributed by atoms with Crippen molar-refractivity contribution in [1.29, 1.82) is 5.26 Å². The summed E-state index contributed by atoms with van der Waals surface area (Å²) in [7, 11) is 2.64. The van der Waals surface area contributed by atoms with Crippen LogP contribution in [0.4, 0.5) is 17.5 Å². The minimum absolute atomic E-state index is 0.0649. The number of rotatable bonds is 14. The third-order valence-electron chi connectivity index (χ3n) is 5.97. The van der Waals surface area contributed by atoms with Crippen molar-refractivity contribution in [2.45, 2.75) is 58.5 Å². The van der Waals surface area contributed by atoms with Crippen LogP contribution in [0.3, 0.4) is 0 Å². The second-order valence-corrected chi connectivity index (χ2v) is 10.2. The molecule has 0 aliphatic heterocycles. The first kappa shape index (κ1) is 26.7. The van der Waals surface area contributed by atoms with Crippen LogP contribution in [-0.4, -0.2) is 50.7 Å². The molecule has 10 heteroatoms. The average molecular weight is 497 g/mol. The lowest BCUT2D eigenvalue weighted by molar-refractivity contribution is 0.454. The maximum atomic E-state index is 12.4. The number of hydrogen-bond donors (Lipinski definition) is 4. The summed E-state index contributed by atoms with van der Waals surface area (Å²) in [6.45, 7) is 7.04. The Balaban J connectivity index is 1.93. The molecular weight excluding hydrogens is 459 g/mol. The molecule has 0 aromatic carbocycles. The lowest BCUT2D eigenvalue weighted by Gasteiger charge is -2.26. The van der Waals surface area contributed by atoms with Gasteiger partial charge in [0, 0.05) is 61.4 Å². The Morgan fingerprint density at radius 1 is 1.23 bits per heavy atom. The van der Waals surface area contributed by atoms with E-state index in [9.17, 15) is 4.79 Å². The van der Waals surface area contributed by atoms with E-state index in [4.69, 9.17) is 10.2 Å². The van der Waals surface area contributed by atoms with Gasteiger partial charge in [-0.3, -0.25) is 9.89 Å². The van der Waals surface area contributed by atoms with Crippen molar-refractivity contribution in [3.05, 3.63) is 40.3 Å². The van der Waals surface area contributed by atoms with E-state index in [1.807, 2.05) is 25.1 Å². The summed E-state index contributed by atoms with van der Waals surface area (Å²) < 4.78 is 1.65. The Bertz CT molecular complexity index is 1200. The van der Waals surface area contributed by atoms with Gasteiger partial charge in [0.1, 0.15) is 11.6 Å². The third-order valence-corrected chi connectivity index (χ3v) is 7.61. The quantitative estimate of drug-likeness (QED) is 0.194. The summed E-state index contributed by atoms with van der Waals surface area (Å²) >= 11 is 0. The molecule has 0 spiro atoms. The number of aromatic amines is 1. The van der Waals surface area contributed by atoms with Crippen LogP contribution in [0.5, 0.6) is 0 Å². The molecule has 35 heavy (non-hydrogen) atoms. The van der Waals surface area contributed by atoms with E-state index in [2.05, 4.69) is 46.1 Å². The molecule has 3 unspecified atom stereocenters. The predicted molar refractivity (Wildman–Crippen MR) is 146 cm³/mol. The Morgan fingerprint density at radius 2 is 2.06 bits per heavy atom. The molecule has 3 atom stereocenters. The molecule has 9 nitrogen and oxygen atoms in total. The normalized spacial score (nSPS) is 13.2. The molecule has 4 N–H and O–H groups in total. The minimum atomic E-state index is -0.0649. The van der Waals surface area contributed by atoms with E-state index in [1.54, 1.807) is 17.7 Å². The van der Waals surface area contributed by atoms with Crippen LogP contribution >= 0.6 is 8.58 Å². The monoisotopic (exact) mass is 496 g/mol. The molecular formula is C25H37N8OP. The second-order valence-electron chi connectivity index (χ2n) is 8.83. The van der Waals surface area contributed by atoms with Gasteiger partial charge < -0.3 is 20.5 Å². The zero-order valence-electron chi connectivity index (χ0n) is 21.1. The maximum absolute atomic E-state index is 12.4. The Hall–Kier alpha value is -2.95. The molecule has 0 saturated heterocycles. The number of H-pyrrole nitrogens is 1. The zero-order chi connectivity index (χ0) is 25.2. The van der Waals surface area contributed by atoms with Gasteiger partial charge in [0.15, 0.2) is 5.82 Å². The van der Waals surface area contributed by atoms with E-state index in [0.717, 1.165) is 50.0 Å². The van der Waals surface area contributed by atoms with Gasteiger partial charge in [-0.15, -0.1) is 8.58 Å². The van der Waals surface area contributed by atoms with Crippen molar-refractivity contribution in [3.8, 4) is 6.07 Å². The summed E-state index contributed by atoms with van der Waals surface area (Å²) in [6.07, 6.45) is 5.86. The van der Waals surface area contributed by atoms with Gasteiger partial charge in [-0.25, -0.2) is 4.98 Å². The van der Waals surface area contributed by atoms with Gasteiger partial charge in [-0.05, 0) is 38.2 Å². The van der Waals surface area contributed by atoms with Crippen LogP contribution in [-0.2, 0) is 7.05 Å². The highest BCUT2D eigenvalue weighted by Gasteiger charge is 2.18. The molecule has 0 radical (unpaired) electrons. The van der Waals surface area contributed by atoms with E-state index in [-0.39, 0.29) is 11.6 Å². The van der Waals surface area contributed by atoms with Gasteiger partial charge in [0.25, 0.3) is 5.56 Å². The summed E-state index contributed by atoms with van der Waals surface area (Å²) in [5, 5.41) is 27.5. The van der Waals surface area contributed by atoms with Crippen molar-refractivity contribution >= 4 is 36.9 Å². The van der Waals surface area contributed by atoms with E-state index >= 15 is 0 Å². The smallest absolute Gasteiger partial charge is 0.250 e. The SMILES string of the molecule is CCCPCC(CC(CC)NCCC#N)Nc1nc(Nc2cc(C)[nH]n2)cc2c1ccc(=O)n2C. The molecule has 0 amide bonds. The molecule has 3 rings (SSSR count). The maximum Gasteiger partial charge on any atom is 0.250 e. The first-order chi connectivity index (χ1) is 16.9. The fraction of sp³-hybridized carbons (Fsp3) is 0.520. The summed E-state index contributed by atoms with van der Waals surface area (Å²) in [5.41, 5.74) is 1.69. The molecule has 0 saturated carbocycles. The van der Waals surface area contributed by atoms with E-state index < -0.39 is 0 Å². The van der Waals surface area contributed by atoms with Gasteiger partial charge in [0.05, 0.1) is 11.6 Å². The van der Waals surface area contributed by atoms with Crippen LogP contribution in [0.2, 0.25) is 0 Å². The van der Waals surface area contributed by atoms with E-state index in [1.165, 1.54) is 12.6 Å². The topological polar surface area (TPSA) is 123 Å². The number of pyridine rings is 2. The van der Waals surface area contributed by atoms with Gasteiger partial charge >= 0.3 is 0 Å². The Kier molecular flexibility index (Phi) is 10.1. The highest BCUT2D eigenvalue weighted by Crippen LogP contribution is 2.28. The molecule has 3 aromatic heterocycles. The van der Waals surface area contributed by atoms with Crippen LogP contribution in [0.25, 0.3) is 10.9 Å². The fourth-order valence-electron chi connectivity index (χ4n) is 4.07. The van der Waals surface area contributed by atoms with Crippen LogP contribution in [0.1, 0.15) is 45.2 Å². The number of hydrogen-bond acceptors (Lipinski definition) is 7. The zero-order valence-corrected chi connectivity index (χ0v) is 22.1. The number of anilines is 3. The summed E-state index contributed by atoms with van der Waals surface area (Å²) in [6, 6.07) is 9.98. The van der Waals surface area contributed by atoms with Gasteiger partial charge in [0.2, 0.25) is 0 Å². The van der Waals surface area contributed by atoms with Crippen molar-refractivity contribution in [3.63, 3.8) is 0 Å². The van der Waals surface area contributed by atoms with Crippen LogP contribution in [0.15, 0.2) is 29.1 Å². The molecule has 0 bridgehead atoms. The molecule has 0 fully saturated rings. The van der Waals surface area contributed by atoms with Crippen molar-refractivity contribution in [2.75, 3.05) is 29.5 Å². The lowest BCUT2D eigenvalue weighted by Crippen LogP contribution is -2.36. The van der Waals surface area contributed by atoms with E-state index in [0.29, 0.717) is 30.6 Å². The van der Waals surface area contributed by atoms with Crippen LogP contribution in [0, 0.1) is 18.3 Å². The molecule has 3 heterocycles. The standard InChI is InChI=1S/C25H37N8OP/c1-5-12-35-16-19(14-18(6-2)27-11-7-10-26)28-25-20-8-9-24(34)33(4)21(20)15-22(30-25)29-23-13-17(3)31-32-23/h8-9,13,15,18-19,27,35H,5-7,11-12,14,16H2,1-4H3,(H3,28,29,30,31,32). The van der Waals surface area contributed by atoms with Crippen molar-refractivity contribution < 1.29 is 0 Å². The number of nitrogens with zero attached hydrogens (tertiary/aromatic N) is 4. The number of fused-ring (bicyclic) bond motifs is 1. The molecule has 0 aliphatic carbocycles. The highest BCUT2D eigenvalue weighted by molar-refractivity contribution is 7.38.